The van der Waals surface area contributed by atoms with E-state index in [1.165, 1.54) is 17.5 Å². The molecule has 3 amide bonds. The van der Waals surface area contributed by atoms with E-state index in [4.69, 9.17) is 4.74 Å². The van der Waals surface area contributed by atoms with Gasteiger partial charge in [0, 0.05) is 37.6 Å². The molecular weight excluding hydrogens is 420 g/mol. The summed E-state index contributed by atoms with van der Waals surface area (Å²) in [6.45, 7) is 0.465. The molecule has 0 unspecified atom stereocenters. The number of nitrogens with one attached hydrogen (secondary N) is 1. The number of ether oxygens (including phenoxy) is 1. The SMILES string of the molecule is Cn1cc(-c2cc(Oc3ccc(NC(=O)N4CCC5(CCCCC5)C4=O)nc3)ccn2)cn1. The molecule has 9 heteroatoms. The van der Waals surface area contributed by atoms with Crippen molar-refractivity contribution >= 4 is 17.8 Å². The molecule has 2 fully saturated rings. The minimum atomic E-state index is -0.418. The Hall–Kier alpha value is -3.75. The van der Waals surface area contributed by atoms with Gasteiger partial charge in [0.05, 0.1) is 23.5 Å². The summed E-state index contributed by atoms with van der Waals surface area (Å²) in [7, 11) is 1.85. The third-order valence-corrected chi connectivity index (χ3v) is 6.51. The summed E-state index contributed by atoms with van der Waals surface area (Å²) in [4.78, 5) is 35.6. The first-order valence-electron chi connectivity index (χ1n) is 11.2. The summed E-state index contributed by atoms with van der Waals surface area (Å²) in [6.07, 6.45) is 12.7. The number of rotatable bonds is 4. The van der Waals surface area contributed by atoms with Crippen molar-refractivity contribution in [3.05, 3.63) is 49.1 Å². The Morgan fingerprint density at radius 2 is 1.91 bits per heavy atom. The zero-order valence-corrected chi connectivity index (χ0v) is 18.5. The van der Waals surface area contributed by atoms with Gasteiger partial charge in [-0.15, -0.1) is 0 Å². The quantitative estimate of drug-likeness (QED) is 0.638. The van der Waals surface area contributed by atoms with Gasteiger partial charge in [-0.05, 0) is 37.5 Å². The van der Waals surface area contributed by atoms with Gasteiger partial charge >= 0.3 is 6.03 Å². The molecule has 1 saturated carbocycles. The van der Waals surface area contributed by atoms with Crippen LogP contribution < -0.4 is 10.1 Å². The Bertz CT molecular complexity index is 1170. The van der Waals surface area contributed by atoms with Crippen molar-refractivity contribution in [3.8, 4) is 22.8 Å². The molecule has 1 aliphatic carbocycles. The average molecular weight is 447 g/mol. The van der Waals surface area contributed by atoms with Crippen molar-refractivity contribution in [2.45, 2.75) is 38.5 Å². The Morgan fingerprint density at radius 1 is 1.06 bits per heavy atom. The maximum atomic E-state index is 12.9. The molecule has 1 spiro atoms. The lowest BCUT2D eigenvalue weighted by molar-refractivity contribution is -0.135. The first-order valence-corrected chi connectivity index (χ1v) is 11.2. The van der Waals surface area contributed by atoms with Gasteiger partial charge in [0.1, 0.15) is 17.3 Å². The minimum absolute atomic E-state index is 0.0400. The molecule has 0 aromatic carbocycles. The molecule has 170 valence electrons. The van der Waals surface area contributed by atoms with Crippen LogP contribution in [0.4, 0.5) is 10.6 Å². The van der Waals surface area contributed by atoms with Crippen LogP contribution in [0.2, 0.25) is 0 Å². The van der Waals surface area contributed by atoms with Crippen molar-refractivity contribution in [2.24, 2.45) is 12.5 Å². The lowest BCUT2D eigenvalue weighted by atomic mass is 9.73. The summed E-state index contributed by atoms with van der Waals surface area (Å²) in [5.74, 6) is 1.47. The largest absolute Gasteiger partial charge is 0.456 e. The maximum absolute atomic E-state index is 12.9. The average Bonchev–Trinajstić information content (AvgIpc) is 3.40. The van der Waals surface area contributed by atoms with Crippen LogP contribution in [0.25, 0.3) is 11.3 Å². The van der Waals surface area contributed by atoms with Gasteiger partial charge in [-0.25, -0.2) is 9.78 Å². The first-order chi connectivity index (χ1) is 16.0. The molecule has 0 radical (unpaired) electrons. The van der Waals surface area contributed by atoms with Crippen LogP contribution in [-0.4, -0.2) is 43.1 Å². The standard InChI is InChI=1S/C24H26N6O3/c1-29-16-17(14-27-29)20-13-18(7-11-25-20)33-19-5-6-21(26-15-19)28-23(32)30-12-10-24(22(30)31)8-3-2-4-9-24/h5-7,11,13-16H,2-4,8-10,12H2,1H3,(H,26,28,32). The minimum Gasteiger partial charge on any atom is -0.456 e. The molecule has 5 rings (SSSR count). The summed E-state index contributed by atoms with van der Waals surface area (Å²) < 4.78 is 7.61. The van der Waals surface area contributed by atoms with Gasteiger partial charge < -0.3 is 4.74 Å². The van der Waals surface area contributed by atoms with E-state index in [0.717, 1.165) is 43.4 Å². The smallest absolute Gasteiger partial charge is 0.329 e. The van der Waals surface area contributed by atoms with Crippen LogP contribution in [0.15, 0.2) is 49.1 Å². The van der Waals surface area contributed by atoms with Crippen molar-refractivity contribution in [1.29, 1.82) is 0 Å². The number of pyridine rings is 2. The van der Waals surface area contributed by atoms with Gasteiger partial charge in [-0.2, -0.15) is 5.10 Å². The van der Waals surface area contributed by atoms with Crippen LogP contribution in [0.1, 0.15) is 38.5 Å². The second-order valence-electron chi connectivity index (χ2n) is 8.74. The first kappa shape index (κ1) is 21.1. The van der Waals surface area contributed by atoms with Crippen LogP contribution in [0.5, 0.6) is 11.5 Å². The molecule has 33 heavy (non-hydrogen) atoms. The van der Waals surface area contributed by atoms with Crippen LogP contribution >= 0.6 is 0 Å². The van der Waals surface area contributed by atoms with Gasteiger partial charge in [0.2, 0.25) is 5.91 Å². The molecule has 3 aromatic heterocycles. The maximum Gasteiger partial charge on any atom is 0.329 e. The highest BCUT2D eigenvalue weighted by atomic mass is 16.5. The second-order valence-corrected chi connectivity index (χ2v) is 8.74. The molecule has 1 aliphatic heterocycles. The van der Waals surface area contributed by atoms with Crippen LogP contribution in [0, 0.1) is 5.41 Å². The highest BCUT2D eigenvalue weighted by molar-refractivity contribution is 6.04. The molecule has 0 bridgehead atoms. The van der Waals surface area contributed by atoms with E-state index in [2.05, 4.69) is 20.4 Å². The fraction of sp³-hybridized carbons (Fsp3) is 0.375. The lowest BCUT2D eigenvalue weighted by Crippen LogP contribution is -2.41. The second kappa shape index (κ2) is 8.65. The number of anilines is 1. The fourth-order valence-electron chi connectivity index (χ4n) is 4.72. The van der Waals surface area contributed by atoms with E-state index >= 15 is 0 Å². The van der Waals surface area contributed by atoms with Crippen molar-refractivity contribution in [1.82, 2.24) is 24.6 Å². The molecule has 2 aliphatic rings. The highest BCUT2D eigenvalue weighted by Gasteiger charge is 2.48. The number of amides is 3. The number of likely N-dealkylation sites (tertiary alicyclic amines) is 1. The molecule has 1 saturated heterocycles. The number of imide groups is 1. The normalized spacial score (nSPS) is 17.4. The number of urea groups is 1. The van der Waals surface area contributed by atoms with Crippen LogP contribution in [-0.2, 0) is 11.8 Å². The zero-order chi connectivity index (χ0) is 22.8. The number of hydrogen-bond donors (Lipinski definition) is 1. The predicted molar refractivity (Wildman–Crippen MR) is 122 cm³/mol. The topological polar surface area (TPSA) is 102 Å². The Kier molecular flexibility index (Phi) is 5.53. The Labute approximate surface area is 191 Å². The Morgan fingerprint density at radius 3 is 2.64 bits per heavy atom. The Balaban J connectivity index is 1.21. The predicted octanol–water partition coefficient (Wildman–Crippen LogP) is 4.38. The summed E-state index contributed by atoms with van der Waals surface area (Å²) in [6, 6.07) is 6.55. The molecule has 0 atom stereocenters. The van der Waals surface area contributed by atoms with E-state index in [-0.39, 0.29) is 11.3 Å². The molecule has 9 nitrogen and oxygen atoms in total. The molecule has 1 N–H and O–H groups in total. The number of aromatic nitrogens is 4. The third-order valence-electron chi connectivity index (χ3n) is 6.51. The third kappa shape index (κ3) is 4.30. The summed E-state index contributed by atoms with van der Waals surface area (Å²) in [5.41, 5.74) is 1.31. The number of carbonyl (C=O) groups is 2. The van der Waals surface area contributed by atoms with Crippen LogP contribution in [0.3, 0.4) is 0 Å². The number of hydrogen-bond acceptors (Lipinski definition) is 6. The van der Waals surface area contributed by atoms with Crippen molar-refractivity contribution in [3.63, 3.8) is 0 Å². The van der Waals surface area contributed by atoms with Gasteiger partial charge in [0.15, 0.2) is 0 Å². The zero-order valence-electron chi connectivity index (χ0n) is 18.5. The molecular formula is C24H26N6O3. The lowest BCUT2D eigenvalue weighted by Gasteiger charge is -2.31. The van der Waals surface area contributed by atoms with E-state index in [1.807, 2.05) is 19.3 Å². The van der Waals surface area contributed by atoms with Crippen molar-refractivity contribution in [2.75, 3.05) is 11.9 Å². The van der Waals surface area contributed by atoms with Gasteiger partial charge in [-0.1, -0.05) is 19.3 Å². The van der Waals surface area contributed by atoms with E-state index in [1.54, 1.807) is 35.3 Å². The number of nitrogens with zero attached hydrogens (tertiary/aromatic N) is 5. The van der Waals surface area contributed by atoms with E-state index in [0.29, 0.717) is 23.9 Å². The summed E-state index contributed by atoms with van der Waals surface area (Å²) >= 11 is 0. The highest BCUT2D eigenvalue weighted by Crippen LogP contribution is 2.44. The van der Waals surface area contributed by atoms with Gasteiger partial charge in [-0.3, -0.25) is 24.7 Å². The monoisotopic (exact) mass is 446 g/mol. The van der Waals surface area contributed by atoms with E-state index in [9.17, 15) is 9.59 Å². The van der Waals surface area contributed by atoms with E-state index < -0.39 is 6.03 Å². The molecule has 4 heterocycles. The van der Waals surface area contributed by atoms with Crippen molar-refractivity contribution < 1.29 is 14.3 Å². The fourth-order valence-corrected chi connectivity index (χ4v) is 4.72. The number of aryl methyl sites for hydroxylation is 1. The number of carbonyl (C=O) groups excluding carboxylic acids is 2. The molecule has 3 aromatic rings. The van der Waals surface area contributed by atoms with Gasteiger partial charge in [0.25, 0.3) is 0 Å². The summed E-state index contributed by atoms with van der Waals surface area (Å²) in [5, 5.41) is 6.91.